The highest BCUT2D eigenvalue weighted by Crippen LogP contribution is 2.21. The van der Waals surface area contributed by atoms with E-state index in [0.29, 0.717) is 36.0 Å². The van der Waals surface area contributed by atoms with Crippen molar-refractivity contribution in [3.05, 3.63) is 11.2 Å². The minimum absolute atomic E-state index is 0.434. The van der Waals surface area contributed by atoms with E-state index in [4.69, 9.17) is 16.3 Å². The van der Waals surface area contributed by atoms with Gasteiger partial charge in [0.25, 0.3) is 0 Å². The normalized spacial score (nSPS) is 16.1. The van der Waals surface area contributed by atoms with Crippen molar-refractivity contribution in [1.82, 2.24) is 9.97 Å². The van der Waals surface area contributed by atoms with Crippen LogP contribution in [0.15, 0.2) is 6.20 Å². The van der Waals surface area contributed by atoms with Gasteiger partial charge in [-0.1, -0.05) is 30.9 Å². The van der Waals surface area contributed by atoms with Gasteiger partial charge >= 0.3 is 0 Å². The second-order valence-corrected chi connectivity index (χ2v) is 5.39. The third-order valence-electron chi connectivity index (χ3n) is 3.38. The van der Waals surface area contributed by atoms with E-state index in [1.165, 1.54) is 32.1 Å². The average molecular weight is 299 g/mol. The highest BCUT2D eigenvalue weighted by Gasteiger charge is 2.13. The summed E-state index contributed by atoms with van der Waals surface area (Å²) in [5.41, 5.74) is 0. The lowest BCUT2D eigenvalue weighted by Crippen LogP contribution is -2.21. The zero-order chi connectivity index (χ0) is 14.2. The topological polar surface area (TPSA) is 59.1 Å². The van der Waals surface area contributed by atoms with Gasteiger partial charge in [0, 0.05) is 13.1 Å². The lowest BCUT2D eigenvalue weighted by molar-refractivity contribution is 0.0347. The van der Waals surface area contributed by atoms with E-state index in [9.17, 15) is 0 Å². The molecule has 0 bridgehead atoms. The third kappa shape index (κ3) is 4.80. The summed E-state index contributed by atoms with van der Waals surface area (Å²) in [7, 11) is 0. The molecule has 0 spiro atoms. The molecule has 2 N–H and O–H groups in total. The Morgan fingerprint density at radius 2 is 2.10 bits per heavy atom. The van der Waals surface area contributed by atoms with Gasteiger partial charge in [-0.05, 0) is 19.8 Å². The van der Waals surface area contributed by atoms with Crippen LogP contribution in [0.25, 0.3) is 0 Å². The van der Waals surface area contributed by atoms with Crippen molar-refractivity contribution in [3.8, 4) is 0 Å². The number of nitrogens with zero attached hydrogens (tertiary/aromatic N) is 2. The summed E-state index contributed by atoms with van der Waals surface area (Å²) < 4.78 is 5.86. The summed E-state index contributed by atoms with van der Waals surface area (Å²) in [6.45, 7) is 4.18. The molecular weight excluding hydrogens is 276 g/mol. The molecule has 0 aromatic carbocycles. The molecule has 0 atom stereocenters. The Balaban J connectivity index is 1.73. The van der Waals surface area contributed by atoms with Crippen molar-refractivity contribution in [2.75, 3.05) is 30.3 Å². The summed E-state index contributed by atoms with van der Waals surface area (Å²) in [6, 6.07) is 0. The Hall–Kier alpha value is -1.07. The van der Waals surface area contributed by atoms with Crippen LogP contribution in [-0.4, -0.2) is 35.8 Å². The van der Waals surface area contributed by atoms with E-state index >= 15 is 0 Å². The molecule has 1 aromatic heterocycles. The molecule has 0 radical (unpaired) electrons. The molecule has 1 fully saturated rings. The molecular formula is C14H23ClN4O. The van der Waals surface area contributed by atoms with Gasteiger partial charge in [0.15, 0.2) is 5.82 Å². The second-order valence-electron chi connectivity index (χ2n) is 4.98. The number of hydrogen-bond acceptors (Lipinski definition) is 5. The van der Waals surface area contributed by atoms with Crippen LogP contribution in [0.5, 0.6) is 0 Å². The molecule has 0 amide bonds. The average Bonchev–Trinajstić information content (AvgIpc) is 2.48. The highest BCUT2D eigenvalue weighted by atomic mass is 35.5. The van der Waals surface area contributed by atoms with E-state index in [0.717, 1.165) is 6.54 Å². The maximum Gasteiger partial charge on any atom is 0.224 e. The van der Waals surface area contributed by atoms with Crippen molar-refractivity contribution >= 4 is 23.4 Å². The van der Waals surface area contributed by atoms with Crippen LogP contribution in [0.3, 0.4) is 0 Å². The first-order chi connectivity index (χ1) is 9.79. The van der Waals surface area contributed by atoms with Gasteiger partial charge in [-0.3, -0.25) is 0 Å². The molecule has 0 aliphatic heterocycles. The van der Waals surface area contributed by atoms with E-state index in [-0.39, 0.29) is 0 Å². The van der Waals surface area contributed by atoms with E-state index < -0.39 is 0 Å². The van der Waals surface area contributed by atoms with Crippen LogP contribution < -0.4 is 10.6 Å². The maximum absolute atomic E-state index is 6.07. The fraction of sp³-hybridized carbons (Fsp3) is 0.714. The number of aromatic nitrogens is 2. The molecule has 1 aromatic rings. The summed E-state index contributed by atoms with van der Waals surface area (Å²) in [5.74, 6) is 1.25. The number of hydrogen-bond donors (Lipinski definition) is 2. The quantitative estimate of drug-likeness (QED) is 0.756. The summed E-state index contributed by atoms with van der Waals surface area (Å²) >= 11 is 6.07. The molecule has 1 heterocycles. The van der Waals surface area contributed by atoms with Gasteiger partial charge < -0.3 is 15.4 Å². The lowest BCUT2D eigenvalue weighted by Gasteiger charge is -2.22. The van der Waals surface area contributed by atoms with Gasteiger partial charge in [0.2, 0.25) is 5.95 Å². The molecule has 1 saturated carbocycles. The molecule has 20 heavy (non-hydrogen) atoms. The molecule has 112 valence electrons. The van der Waals surface area contributed by atoms with Crippen LogP contribution in [0.2, 0.25) is 5.02 Å². The first-order valence-corrected chi connectivity index (χ1v) is 7.79. The Labute approximate surface area is 125 Å². The Bertz CT molecular complexity index is 410. The number of ether oxygens (including phenoxy) is 1. The van der Waals surface area contributed by atoms with E-state index in [1.54, 1.807) is 6.20 Å². The molecule has 0 unspecified atom stereocenters. The van der Waals surface area contributed by atoms with Crippen molar-refractivity contribution < 1.29 is 4.74 Å². The standard InChI is InChI=1S/C14H23ClN4O/c1-2-16-14-18-10-12(15)13(19-14)17-8-9-20-11-6-4-3-5-7-11/h10-11H,2-9H2,1H3,(H2,16,17,18,19). The van der Waals surface area contributed by atoms with Crippen LogP contribution in [0.4, 0.5) is 11.8 Å². The highest BCUT2D eigenvalue weighted by molar-refractivity contribution is 6.32. The molecule has 1 aliphatic carbocycles. The first-order valence-electron chi connectivity index (χ1n) is 7.41. The second kappa shape index (κ2) is 8.27. The van der Waals surface area contributed by atoms with Crippen LogP contribution >= 0.6 is 11.6 Å². The van der Waals surface area contributed by atoms with Gasteiger partial charge in [-0.15, -0.1) is 0 Å². The van der Waals surface area contributed by atoms with Crippen molar-refractivity contribution in [1.29, 1.82) is 0 Å². The smallest absolute Gasteiger partial charge is 0.224 e. The number of rotatable bonds is 7. The first kappa shape index (κ1) is 15.3. The number of nitrogens with one attached hydrogen (secondary N) is 2. The van der Waals surface area contributed by atoms with Gasteiger partial charge in [0.05, 0.1) is 18.9 Å². The maximum atomic E-state index is 6.07. The summed E-state index contributed by atoms with van der Waals surface area (Å²) in [4.78, 5) is 8.43. The SMILES string of the molecule is CCNc1ncc(Cl)c(NCCOC2CCCCC2)n1. The number of halogens is 1. The predicted octanol–water partition coefficient (Wildman–Crippen LogP) is 3.32. The molecule has 2 rings (SSSR count). The Morgan fingerprint density at radius 1 is 1.30 bits per heavy atom. The number of anilines is 2. The largest absolute Gasteiger partial charge is 0.376 e. The molecule has 0 saturated heterocycles. The van der Waals surface area contributed by atoms with Crippen molar-refractivity contribution in [2.45, 2.75) is 45.1 Å². The lowest BCUT2D eigenvalue weighted by atomic mass is 9.98. The van der Waals surface area contributed by atoms with Crippen molar-refractivity contribution in [2.24, 2.45) is 0 Å². The molecule has 5 nitrogen and oxygen atoms in total. The summed E-state index contributed by atoms with van der Waals surface area (Å²) in [5, 5.41) is 6.80. The van der Waals surface area contributed by atoms with Gasteiger partial charge in [0.1, 0.15) is 5.02 Å². The third-order valence-corrected chi connectivity index (χ3v) is 3.66. The minimum atomic E-state index is 0.434. The fourth-order valence-electron chi connectivity index (χ4n) is 2.36. The minimum Gasteiger partial charge on any atom is -0.376 e. The zero-order valence-electron chi connectivity index (χ0n) is 12.0. The molecule has 6 heteroatoms. The predicted molar refractivity (Wildman–Crippen MR) is 82.5 cm³/mol. The Morgan fingerprint density at radius 3 is 2.85 bits per heavy atom. The molecule has 1 aliphatic rings. The van der Waals surface area contributed by atoms with E-state index in [2.05, 4.69) is 20.6 Å². The van der Waals surface area contributed by atoms with Crippen LogP contribution in [-0.2, 0) is 4.74 Å². The zero-order valence-corrected chi connectivity index (χ0v) is 12.7. The van der Waals surface area contributed by atoms with Crippen LogP contribution in [0.1, 0.15) is 39.0 Å². The van der Waals surface area contributed by atoms with Crippen LogP contribution in [0, 0.1) is 0 Å². The van der Waals surface area contributed by atoms with Gasteiger partial charge in [-0.25, -0.2) is 4.98 Å². The van der Waals surface area contributed by atoms with Crippen molar-refractivity contribution in [3.63, 3.8) is 0 Å². The summed E-state index contributed by atoms with van der Waals surface area (Å²) in [6.07, 6.45) is 8.36. The monoisotopic (exact) mass is 298 g/mol. The van der Waals surface area contributed by atoms with E-state index in [1.807, 2.05) is 6.92 Å². The fourth-order valence-corrected chi connectivity index (χ4v) is 2.52. The van der Waals surface area contributed by atoms with Gasteiger partial charge in [-0.2, -0.15) is 4.98 Å². The Kier molecular flexibility index (Phi) is 6.33.